The summed E-state index contributed by atoms with van der Waals surface area (Å²) < 4.78 is 42.2. The lowest BCUT2D eigenvalue weighted by molar-refractivity contribution is -0.0701. The van der Waals surface area contributed by atoms with E-state index in [1.807, 2.05) is 0 Å². The van der Waals surface area contributed by atoms with Crippen molar-refractivity contribution in [2.75, 3.05) is 7.11 Å². The van der Waals surface area contributed by atoms with Gasteiger partial charge in [-0.25, -0.2) is 0 Å². The molecule has 0 unspecified atom stereocenters. The molecule has 1 rings (SSSR count). The van der Waals surface area contributed by atoms with Crippen LogP contribution in [0.2, 0.25) is 0 Å². The van der Waals surface area contributed by atoms with Crippen molar-refractivity contribution in [2.24, 2.45) is 0 Å². The molecule has 0 bridgehead atoms. The van der Waals surface area contributed by atoms with Crippen LogP contribution in [0.5, 0.6) is 0 Å². The lowest BCUT2D eigenvalue weighted by Gasteiger charge is -2.11. The fourth-order valence-electron chi connectivity index (χ4n) is 1.23. The molecule has 1 nitrogen and oxygen atoms in total. The maximum Gasteiger partial charge on any atom is 0.419 e. The van der Waals surface area contributed by atoms with Gasteiger partial charge in [-0.05, 0) is 12.5 Å². The standard InChI is InChI=1S/C11H11F3O/c1-8-4-3-5-9(6-8)10(7-15-2)11(12,13)14/h3-7H,1-2H3/b10-7-. The van der Waals surface area contributed by atoms with Crippen LogP contribution in [-0.2, 0) is 4.74 Å². The molecule has 1 aromatic rings. The molecule has 0 aliphatic carbocycles. The van der Waals surface area contributed by atoms with Gasteiger partial charge in [-0.1, -0.05) is 29.8 Å². The molecular formula is C11H11F3O. The number of benzene rings is 1. The first-order valence-corrected chi connectivity index (χ1v) is 4.32. The van der Waals surface area contributed by atoms with E-state index in [2.05, 4.69) is 4.74 Å². The average Bonchev–Trinajstić information content (AvgIpc) is 2.12. The number of hydrogen-bond donors (Lipinski definition) is 0. The van der Waals surface area contributed by atoms with E-state index >= 15 is 0 Å². The van der Waals surface area contributed by atoms with Crippen molar-refractivity contribution in [3.8, 4) is 0 Å². The molecule has 0 heterocycles. The van der Waals surface area contributed by atoms with Crippen molar-refractivity contribution in [2.45, 2.75) is 13.1 Å². The number of rotatable bonds is 2. The maximum atomic E-state index is 12.6. The number of allylic oxidation sites excluding steroid dienone is 1. The maximum absolute atomic E-state index is 12.6. The predicted octanol–water partition coefficient (Wildman–Crippen LogP) is 3.54. The second-order valence-corrected chi connectivity index (χ2v) is 3.13. The zero-order valence-corrected chi connectivity index (χ0v) is 8.43. The van der Waals surface area contributed by atoms with Gasteiger partial charge in [0.25, 0.3) is 0 Å². The zero-order chi connectivity index (χ0) is 11.5. The molecule has 0 aliphatic rings. The van der Waals surface area contributed by atoms with Crippen molar-refractivity contribution >= 4 is 5.57 Å². The predicted molar refractivity (Wildman–Crippen MR) is 52.2 cm³/mol. The SMILES string of the molecule is CO/C=C(/c1cccc(C)c1)C(F)(F)F. The third kappa shape index (κ3) is 3.01. The quantitative estimate of drug-likeness (QED) is 0.687. The van der Waals surface area contributed by atoms with Crippen LogP contribution in [0.1, 0.15) is 11.1 Å². The Morgan fingerprint density at radius 3 is 2.47 bits per heavy atom. The molecular weight excluding hydrogens is 205 g/mol. The summed E-state index contributed by atoms with van der Waals surface area (Å²) in [6.45, 7) is 1.74. The van der Waals surface area contributed by atoms with E-state index in [1.54, 1.807) is 19.1 Å². The number of ether oxygens (including phenoxy) is 1. The van der Waals surface area contributed by atoms with Gasteiger partial charge in [-0.2, -0.15) is 13.2 Å². The minimum Gasteiger partial charge on any atom is -0.504 e. The van der Waals surface area contributed by atoms with Crippen LogP contribution in [0.25, 0.3) is 5.57 Å². The van der Waals surface area contributed by atoms with Crippen LogP contribution in [-0.4, -0.2) is 13.3 Å². The molecule has 0 radical (unpaired) electrons. The average molecular weight is 216 g/mol. The molecule has 0 N–H and O–H groups in total. The zero-order valence-electron chi connectivity index (χ0n) is 8.43. The van der Waals surface area contributed by atoms with Crippen LogP contribution in [0.3, 0.4) is 0 Å². The van der Waals surface area contributed by atoms with Crippen LogP contribution < -0.4 is 0 Å². The van der Waals surface area contributed by atoms with Crippen LogP contribution in [0.4, 0.5) is 13.2 Å². The Kier molecular flexibility index (Phi) is 3.39. The molecule has 0 aliphatic heterocycles. The number of aryl methyl sites for hydroxylation is 1. The molecule has 0 spiro atoms. The topological polar surface area (TPSA) is 9.23 Å². The van der Waals surface area contributed by atoms with E-state index in [4.69, 9.17) is 0 Å². The number of alkyl halides is 3. The highest BCUT2D eigenvalue weighted by molar-refractivity contribution is 5.69. The fraction of sp³-hybridized carbons (Fsp3) is 0.273. The smallest absolute Gasteiger partial charge is 0.419 e. The highest BCUT2D eigenvalue weighted by atomic mass is 19.4. The van der Waals surface area contributed by atoms with Crippen LogP contribution in [0.15, 0.2) is 30.5 Å². The van der Waals surface area contributed by atoms with Gasteiger partial charge >= 0.3 is 6.18 Å². The number of methoxy groups -OCH3 is 1. The van der Waals surface area contributed by atoms with E-state index in [0.29, 0.717) is 0 Å². The van der Waals surface area contributed by atoms with Gasteiger partial charge in [0.2, 0.25) is 0 Å². The second-order valence-electron chi connectivity index (χ2n) is 3.13. The van der Waals surface area contributed by atoms with Gasteiger partial charge in [0.05, 0.1) is 18.9 Å². The second kappa shape index (κ2) is 4.38. The molecule has 0 atom stereocenters. The molecule has 0 amide bonds. The summed E-state index contributed by atoms with van der Waals surface area (Å²) in [5, 5.41) is 0. The summed E-state index contributed by atoms with van der Waals surface area (Å²) in [5.74, 6) is 0. The summed E-state index contributed by atoms with van der Waals surface area (Å²) in [7, 11) is 1.20. The van der Waals surface area contributed by atoms with Gasteiger partial charge in [0.1, 0.15) is 0 Å². The molecule has 0 aromatic heterocycles. The Balaban J connectivity index is 3.17. The summed E-state index contributed by atoms with van der Waals surface area (Å²) in [5.41, 5.74) is 0.122. The monoisotopic (exact) mass is 216 g/mol. The third-order valence-electron chi connectivity index (χ3n) is 1.87. The van der Waals surface area contributed by atoms with E-state index < -0.39 is 11.7 Å². The van der Waals surface area contributed by atoms with Gasteiger partial charge in [-0.3, -0.25) is 0 Å². The van der Waals surface area contributed by atoms with E-state index in [1.165, 1.54) is 19.2 Å². The molecule has 82 valence electrons. The van der Waals surface area contributed by atoms with Gasteiger partial charge in [-0.15, -0.1) is 0 Å². The van der Waals surface area contributed by atoms with Crippen molar-refractivity contribution in [1.29, 1.82) is 0 Å². The summed E-state index contributed by atoms with van der Waals surface area (Å²) >= 11 is 0. The molecule has 4 heteroatoms. The first kappa shape index (κ1) is 11.6. The Labute approximate surface area is 86.2 Å². The highest BCUT2D eigenvalue weighted by Gasteiger charge is 2.35. The van der Waals surface area contributed by atoms with Gasteiger partial charge < -0.3 is 4.74 Å². The van der Waals surface area contributed by atoms with Crippen molar-refractivity contribution < 1.29 is 17.9 Å². The minimum absolute atomic E-state index is 0.115. The lowest BCUT2D eigenvalue weighted by Crippen LogP contribution is -2.11. The van der Waals surface area contributed by atoms with E-state index in [0.717, 1.165) is 11.8 Å². The first-order valence-electron chi connectivity index (χ1n) is 4.32. The molecule has 1 aromatic carbocycles. The fourth-order valence-corrected chi connectivity index (χ4v) is 1.23. The Hall–Kier alpha value is -1.45. The number of halogens is 3. The van der Waals surface area contributed by atoms with Gasteiger partial charge in [0, 0.05) is 0 Å². The third-order valence-corrected chi connectivity index (χ3v) is 1.87. The minimum atomic E-state index is -4.40. The van der Waals surface area contributed by atoms with Crippen molar-refractivity contribution in [1.82, 2.24) is 0 Å². The summed E-state index contributed by atoms with van der Waals surface area (Å²) in [6.07, 6.45) is -3.68. The normalized spacial score (nSPS) is 12.7. The Morgan fingerprint density at radius 2 is 2.00 bits per heavy atom. The summed E-state index contributed by atoms with van der Waals surface area (Å²) in [6, 6.07) is 6.20. The van der Waals surface area contributed by atoms with E-state index in [9.17, 15) is 13.2 Å². The van der Waals surface area contributed by atoms with Crippen molar-refractivity contribution in [3.05, 3.63) is 41.7 Å². The van der Waals surface area contributed by atoms with Crippen LogP contribution >= 0.6 is 0 Å². The van der Waals surface area contributed by atoms with Gasteiger partial charge in [0.15, 0.2) is 0 Å². The largest absolute Gasteiger partial charge is 0.504 e. The molecule has 0 saturated heterocycles. The Morgan fingerprint density at radius 1 is 1.33 bits per heavy atom. The van der Waals surface area contributed by atoms with Crippen LogP contribution in [0, 0.1) is 6.92 Å². The first-order chi connectivity index (χ1) is 6.95. The van der Waals surface area contributed by atoms with Crippen molar-refractivity contribution in [3.63, 3.8) is 0 Å². The molecule has 0 fully saturated rings. The van der Waals surface area contributed by atoms with E-state index in [-0.39, 0.29) is 5.56 Å². The number of hydrogen-bond acceptors (Lipinski definition) is 1. The Bertz CT molecular complexity index is 366. The lowest BCUT2D eigenvalue weighted by atomic mass is 10.0. The summed E-state index contributed by atoms with van der Waals surface area (Å²) in [4.78, 5) is 0. The molecule has 15 heavy (non-hydrogen) atoms. The highest BCUT2D eigenvalue weighted by Crippen LogP contribution is 2.33. The molecule has 0 saturated carbocycles.